The van der Waals surface area contributed by atoms with Crippen molar-refractivity contribution in [2.24, 2.45) is 5.73 Å². The highest BCUT2D eigenvalue weighted by atomic mass is 16.6. The van der Waals surface area contributed by atoms with Gasteiger partial charge >= 0.3 is 12.1 Å². The number of likely N-dealkylation sites (tertiary alicyclic amines) is 1. The van der Waals surface area contributed by atoms with E-state index in [1.54, 1.807) is 6.92 Å². The van der Waals surface area contributed by atoms with Gasteiger partial charge in [-0.15, -0.1) is 0 Å². The van der Waals surface area contributed by atoms with E-state index in [1.165, 1.54) is 10.5 Å². The molecule has 6 heteroatoms. The molecule has 1 aromatic rings. The first kappa shape index (κ1) is 17.3. The van der Waals surface area contributed by atoms with E-state index in [1.807, 2.05) is 30.3 Å². The van der Waals surface area contributed by atoms with Crippen LogP contribution in [-0.2, 0) is 16.0 Å². The number of hydrogen-bond donors (Lipinski definition) is 2. The first-order valence-corrected chi connectivity index (χ1v) is 7.96. The third-order valence-corrected chi connectivity index (χ3v) is 4.44. The van der Waals surface area contributed by atoms with Gasteiger partial charge in [-0.2, -0.15) is 0 Å². The second-order valence-corrected chi connectivity index (χ2v) is 5.98. The maximum absolute atomic E-state index is 12.3. The Bertz CT molecular complexity index is 547. The highest BCUT2D eigenvalue weighted by molar-refractivity contribution is 5.86. The van der Waals surface area contributed by atoms with Crippen LogP contribution in [0.5, 0.6) is 0 Å². The fourth-order valence-corrected chi connectivity index (χ4v) is 3.14. The second kappa shape index (κ2) is 7.46. The van der Waals surface area contributed by atoms with Crippen molar-refractivity contribution in [1.29, 1.82) is 0 Å². The van der Waals surface area contributed by atoms with Crippen LogP contribution in [0.2, 0.25) is 0 Å². The molecule has 3 N–H and O–H groups in total. The zero-order chi connectivity index (χ0) is 16.9. The van der Waals surface area contributed by atoms with Crippen molar-refractivity contribution in [2.75, 3.05) is 13.2 Å². The highest BCUT2D eigenvalue weighted by Crippen LogP contribution is 2.32. The van der Waals surface area contributed by atoms with Gasteiger partial charge in [0.2, 0.25) is 0 Å². The Kier molecular flexibility index (Phi) is 5.60. The predicted octanol–water partition coefficient (Wildman–Crippen LogP) is 2.02. The van der Waals surface area contributed by atoms with Crippen LogP contribution in [0.3, 0.4) is 0 Å². The topological polar surface area (TPSA) is 92.9 Å². The van der Waals surface area contributed by atoms with Gasteiger partial charge in [-0.25, -0.2) is 9.59 Å². The average molecular weight is 320 g/mol. The minimum absolute atomic E-state index is 0.263. The van der Waals surface area contributed by atoms with Crippen molar-refractivity contribution in [1.82, 2.24) is 4.90 Å². The van der Waals surface area contributed by atoms with Gasteiger partial charge in [0.05, 0.1) is 6.61 Å². The summed E-state index contributed by atoms with van der Waals surface area (Å²) in [6.07, 6.45) is 1.90. The number of rotatable bonds is 6. The third kappa shape index (κ3) is 3.64. The average Bonchev–Trinajstić information content (AvgIpc) is 2.98. The van der Waals surface area contributed by atoms with Crippen LogP contribution in [0.15, 0.2) is 30.3 Å². The maximum atomic E-state index is 12.3. The lowest BCUT2D eigenvalue weighted by atomic mass is 9.89. The summed E-state index contributed by atoms with van der Waals surface area (Å²) in [6.45, 7) is 2.25. The summed E-state index contributed by atoms with van der Waals surface area (Å²) in [5.74, 6) is -1.06. The molecule has 0 radical (unpaired) electrons. The molecule has 0 aromatic heterocycles. The highest BCUT2D eigenvalue weighted by Gasteiger charge is 2.53. The monoisotopic (exact) mass is 320 g/mol. The van der Waals surface area contributed by atoms with E-state index in [4.69, 9.17) is 10.5 Å². The zero-order valence-corrected chi connectivity index (χ0v) is 13.4. The quantitative estimate of drug-likeness (QED) is 0.782. The molecule has 1 heterocycles. The Morgan fingerprint density at radius 3 is 2.70 bits per heavy atom. The van der Waals surface area contributed by atoms with Crippen molar-refractivity contribution < 1.29 is 19.4 Å². The SMILES string of the molecule is CC(N)C1(C(=O)O)CCCN1C(=O)OCCCc1ccccc1. The number of carboxylic acids is 1. The molecule has 23 heavy (non-hydrogen) atoms. The van der Waals surface area contributed by atoms with Gasteiger partial charge < -0.3 is 15.6 Å². The number of carbonyl (C=O) groups is 2. The fraction of sp³-hybridized carbons (Fsp3) is 0.529. The number of benzene rings is 1. The molecule has 1 aliphatic heterocycles. The van der Waals surface area contributed by atoms with Crippen LogP contribution in [0.25, 0.3) is 0 Å². The molecule has 0 aliphatic carbocycles. The number of aryl methyl sites for hydroxylation is 1. The summed E-state index contributed by atoms with van der Waals surface area (Å²) in [5.41, 5.74) is 5.69. The largest absolute Gasteiger partial charge is 0.479 e. The molecule has 1 aromatic carbocycles. The molecule has 1 amide bonds. The molecule has 2 atom stereocenters. The lowest BCUT2D eigenvalue weighted by Gasteiger charge is -2.36. The van der Waals surface area contributed by atoms with Crippen LogP contribution in [-0.4, -0.2) is 46.8 Å². The van der Waals surface area contributed by atoms with E-state index < -0.39 is 23.6 Å². The number of hydrogen-bond acceptors (Lipinski definition) is 4. The summed E-state index contributed by atoms with van der Waals surface area (Å²) in [4.78, 5) is 25.2. The second-order valence-electron chi connectivity index (χ2n) is 5.98. The summed E-state index contributed by atoms with van der Waals surface area (Å²) < 4.78 is 5.27. The van der Waals surface area contributed by atoms with E-state index in [0.29, 0.717) is 25.8 Å². The minimum atomic E-state index is -1.35. The molecule has 2 unspecified atom stereocenters. The summed E-state index contributed by atoms with van der Waals surface area (Å²) in [7, 11) is 0. The van der Waals surface area contributed by atoms with E-state index in [-0.39, 0.29) is 6.61 Å². The van der Waals surface area contributed by atoms with Crippen LogP contribution in [0.4, 0.5) is 4.79 Å². The molecule has 1 saturated heterocycles. The Morgan fingerprint density at radius 2 is 2.09 bits per heavy atom. The third-order valence-electron chi connectivity index (χ3n) is 4.44. The summed E-state index contributed by atoms with van der Waals surface area (Å²) in [6, 6.07) is 9.28. The van der Waals surface area contributed by atoms with E-state index >= 15 is 0 Å². The molecular weight excluding hydrogens is 296 g/mol. The number of ether oxygens (including phenoxy) is 1. The Labute approximate surface area is 136 Å². The molecule has 6 nitrogen and oxygen atoms in total. The van der Waals surface area contributed by atoms with Crippen LogP contribution < -0.4 is 5.73 Å². The number of nitrogens with zero attached hydrogens (tertiary/aromatic N) is 1. The lowest BCUT2D eigenvalue weighted by Crippen LogP contribution is -2.62. The Morgan fingerprint density at radius 1 is 1.39 bits per heavy atom. The van der Waals surface area contributed by atoms with E-state index in [2.05, 4.69) is 0 Å². The van der Waals surface area contributed by atoms with Crippen LogP contribution in [0, 0.1) is 0 Å². The van der Waals surface area contributed by atoms with Gasteiger partial charge in [-0.05, 0) is 38.2 Å². The molecule has 0 bridgehead atoms. The van der Waals surface area contributed by atoms with Gasteiger partial charge in [0.25, 0.3) is 0 Å². The van der Waals surface area contributed by atoms with Gasteiger partial charge in [0, 0.05) is 12.6 Å². The smallest absolute Gasteiger partial charge is 0.410 e. The number of aliphatic carboxylic acids is 1. The fourth-order valence-electron chi connectivity index (χ4n) is 3.14. The minimum Gasteiger partial charge on any atom is -0.479 e. The summed E-state index contributed by atoms with van der Waals surface area (Å²) >= 11 is 0. The number of amides is 1. The van der Waals surface area contributed by atoms with E-state index in [9.17, 15) is 14.7 Å². The van der Waals surface area contributed by atoms with Crippen molar-refractivity contribution in [3.8, 4) is 0 Å². The molecule has 1 aliphatic rings. The molecule has 0 spiro atoms. The van der Waals surface area contributed by atoms with E-state index in [0.717, 1.165) is 6.42 Å². The number of carboxylic acid groups (broad SMARTS) is 1. The molecular formula is C17H24N2O4. The van der Waals surface area contributed by atoms with Gasteiger partial charge in [-0.3, -0.25) is 4.90 Å². The Balaban J connectivity index is 1.88. The van der Waals surface area contributed by atoms with Crippen LogP contribution >= 0.6 is 0 Å². The molecule has 2 rings (SSSR count). The van der Waals surface area contributed by atoms with Crippen molar-refractivity contribution in [2.45, 2.75) is 44.2 Å². The van der Waals surface area contributed by atoms with Crippen molar-refractivity contribution in [3.05, 3.63) is 35.9 Å². The first-order valence-electron chi connectivity index (χ1n) is 7.96. The predicted molar refractivity (Wildman–Crippen MR) is 86.1 cm³/mol. The standard InChI is InChI=1S/C17H24N2O4/c1-13(18)17(15(20)21)10-6-11-19(17)16(22)23-12-5-9-14-7-3-2-4-8-14/h2-4,7-8,13H,5-6,9-12,18H2,1H3,(H,20,21). The van der Waals surface area contributed by atoms with Gasteiger partial charge in [0.15, 0.2) is 5.54 Å². The lowest BCUT2D eigenvalue weighted by molar-refractivity contribution is -0.150. The molecule has 0 saturated carbocycles. The maximum Gasteiger partial charge on any atom is 0.410 e. The number of nitrogens with two attached hydrogens (primary N) is 1. The van der Waals surface area contributed by atoms with Gasteiger partial charge in [-0.1, -0.05) is 30.3 Å². The Hall–Kier alpha value is -2.08. The normalized spacial score (nSPS) is 21.9. The van der Waals surface area contributed by atoms with Crippen molar-refractivity contribution in [3.63, 3.8) is 0 Å². The van der Waals surface area contributed by atoms with Crippen LogP contribution in [0.1, 0.15) is 31.7 Å². The first-order chi connectivity index (χ1) is 11.0. The zero-order valence-electron chi connectivity index (χ0n) is 13.4. The summed E-state index contributed by atoms with van der Waals surface area (Å²) in [5, 5.41) is 9.54. The molecule has 126 valence electrons. The number of carbonyl (C=O) groups excluding carboxylic acids is 1. The van der Waals surface area contributed by atoms with Crippen molar-refractivity contribution >= 4 is 12.1 Å². The molecule has 1 fully saturated rings. The van der Waals surface area contributed by atoms with Gasteiger partial charge in [0.1, 0.15) is 0 Å².